The molecule has 0 amide bonds. The summed E-state index contributed by atoms with van der Waals surface area (Å²) in [6, 6.07) is 9.50. The van der Waals surface area contributed by atoms with Gasteiger partial charge in [-0.15, -0.1) is 11.8 Å². The molecule has 2 rings (SSSR count). The van der Waals surface area contributed by atoms with Gasteiger partial charge in [0.2, 0.25) is 0 Å². The number of aliphatic imine (C=N–C) groups is 1. The van der Waals surface area contributed by atoms with E-state index in [1.165, 1.54) is 17.8 Å². The Morgan fingerprint density at radius 1 is 1.48 bits per heavy atom. The predicted octanol–water partition coefficient (Wildman–Crippen LogP) is 4.73. The van der Waals surface area contributed by atoms with Crippen LogP contribution in [-0.4, -0.2) is 23.4 Å². The zero-order valence-corrected chi connectivity index (χ0v) is 15.7. The van der Waals surface area contributed by atoms with Gasteiger partial charge in [-0.3, -0.25) is 0 Å². The molecule has 4 nitrogen and oxygen atoms in total. The van der Waals surface area contributed by atoms with Crippen LogP contribution in [0.3, 0.4) is 0 Å². The van der Waals surface area contributed by atoms with Gasteiger partial charge in [0, 0.05) is 16.6 Å². The van der Waals surface area contributed by atoms with E-state index in [4.69, 9.17) is 16.3 Å². The largest absolute Gasteiger partial charge is 0.458 e. The Morgan fingerprint density at radius 2 is 2.16 bits per heavy atom. The SMILES string of the molecule is C=CCOC(=O)C1=C(C)N=C(SCC)C(C#N)[C@H]1c1ccc(Cl)cc1. The van der Waals surface area contributed by atoms with E-state index in [0.29, 0.717) is 16.3 Å². The summed E-state index contributed by atoms with van der Waals surface area (Å²) in [5.74, 6) is -0.650. The normalized spacial score (nSPS) is 19.8. The van der Waals surface area contributed by atoms with Crippen LogP contribution < -0.4 is 0 Å². The Labute approximate surface area is 157 Å². The molecule has 0 saturated heterocycles. The number of allylic oxidation sites excluding steroid dienone is 1. The number of esters is 1. The van der Waals surface area contributed by atoms with Gasteiger partial charge in [-0.25, -0.2) is 9.79 Å². The van der Waals surface area contributed by atoms with Crippen LogP contribution in [0.4, 0.5) is 0 Å². The molecule has 0 aliphatic carbocycles. The van der Waals surface area contributed by atoms with E-state index in [-0.39, 0.29) is 6.61 Å². The summed E-state index contributed by atoms with van der Waals surface area (Å²) in [6.07, 6.45) is 1.51. The lowest BCUT2D eigenvalue weighted by Gasteiger charge is -2.29. The molecule has 0 saturated carbocycles. The van der Waals surface area contributed by atoms with Crippen molar-refractivity contribution in [2.45, 2.75) is 19.8 Å². The van der Waals surface area contributed by atoms with Crippen molar-refractivity contribution in [1.29, 1.82) is 5.26 Å². The van der Waals surface area contributed by atoms with E-state index in [9.17, 15) is 10.1 Å². The van der Waals surface area contributed by atoms with E-state index in [2.05, 4.69) is 17.6 Å². The third-order valence-electron chi connectivity index (χ3n) is 3.79. The number of halogens is 1. The van der Waals surface area contributed by atoms with Crippen molar-refractivity contribution in [3.05, 3.63) is 58.8 Å². The number of thioether (sulfide) groups is 1. The van der Waals surface area contributed by atoms with Gasteiger partial charge < -0.3 is 4.74 Å². The predicted molar refractivity (Wildman–Crippen MR) is 103 cm³/mol. The maximum absolute atomic E-state index is 12.6. The van der Waals surface area contributed by atoms with Crippen LogP contribution in [0.2, 0.25) is 5.02 Å². The van der Waals surface area contributed by atoms with Crippen molar-refractivity contribution < 1.29 is 9.53 Å². The van der Waals surface area contributed by atoms with Crippen molar-refractivity contribution in [1.82, 2.24) is 0 Å². The first kappa shape index (κ1) is 19.3. The molecule has 2 atom stereocenters. The Morgan fingerprint density at radius 3 is 2.72 bits per heavy atom. The van der Waals surface area contributed by atoms with Crippen LogP contribution in [0.25, 0.3) is 0 Å². The smallest absolute Gasteiger partial charge is 0.336 e. The number of carbonyl (C=O) groups excluding carboxylic acids is 1. The third kappa shape index (κ3) is 4.33. The fourth-order valence-corrected chi connectivity index (χ4v) is 3.74. The molecular weight excluding hydrogens is 356 g/mol. The number of carbonyl (C=O) groups is 1. The fourth-order valence-electron chi connectivity index (χ4n) is 2.75. The summed E-state index contributed by atoms with van der Waals surface area (Å²) >= 11 is 7.51. The minimum absolute atomic E-state index is 0.112. The molecule has 25 heavy (non-hydrogen) atoms. The highest BCUT2D eigenvalue weighted by Crippen LogP contribution is 2.41. The number of ether oxygens (including phenoxy) is 1. The van der Waals surface area contributed by atoms with E-state index < -0.39 is 17.8 Å². The minimum atomic E-state index is -0.541. The fraction of sp³-hybridized carbons (Fsp3) is 0.316. The molecule has 1 heterocycles. The van der Waals surface area contributed by atoms with Gasteiger partial charge in [-0.2, -0.15) is 5.26 Å². The van der Waals surface area contributed by atoms with Gasteiger partial charge in [0.15, 0.2) is 0 Å². The van der Waals surface area contributed by atoms with Crippen LogP contribution in [0.15, 0.2) is 53.2 Å². The minimum Gasteiger partial charge on any atom is -0.458 e. The van der Waals surface area contributed by atoms with Gasteiger partial charge in [-0.05, 0) is 30.4 Å². The van der Waals surface area contributed by atoms with E-state index in [1.807, 2.05) is 19.1 Å². The lowest BCUT2D eigenvalue weighted by molar-refractivity contribution is -0.138. The number of nitriles is 1. The molecule has 1 aliphatic heterocycles. The molecule has 0 aromatic heterocycles. The van der Waals surface area contributed by atoms with Gasteiger partial charge in [0.05, 0.1) is 16.7 Å². The quantitative estimate of drug-likeness (QED) is 0.552. The Bertz CT molecular complexity index is 763. The van der Waals surface area contributed by atoms with Gasteiger partial charge in [-0.1, -0.05) is 43.3 Å². The topological polar surface area (TPSA) is 62.4 Å². The second-order valence-corrected chi connectivity index (χ2v) is 7.13. The Balaban J connectivity index is 2.57. The summed E-state index contributed by atoms with van der Waals surface area (Å²) in [5.41, 5.74) is 1.83. The van der Waals surface area contributed by atoms with Gasteiger partial charge in [0.1, 0.15) is 12.5 Å². The molecule has 1 unspecified atom stereocenters. The van der Waals surface area contributed by atoms with Crippen molar-refractivity contribution >= 4 is 34.4 Å². The molecule has 0 fully saturated rings. The highest BCUT2D eigenvalue weighted by atomic mass is 35.5. The lowest BCUT2D eigenvalue weighted by Crippen LogP contribution is -2.29. The number of benzene rings is 1. The summed E-state index contributed by atoms with van der Waals surface area (Å²) in [6.45, 7) is 7.45. The van der Waals surface area contributed by atoms with Crippen LogP contribution in [0.5, 0.6) is 0 Å². The van der Waals surface area contributed by atoms with Gasteiger partial charge >= 0.3 is 5.97 Å². The number of hydrogen-bond donors (Lipinski definition) is 0. The van der Waals surface area contributed by atoms with Crippen molar-refractivity contribution in [3.63, 3.8) is 0 Å². The molecule has 0 N–H and O–H groups in total. The lowest BCUT2D eigenvalue weighted by atomic mass is 9.79. The van der Waals surface area contributed by atoms with Gasteiger partial charge in [0.25, 0.3) is 0 Å². The summed E-state index contributed by atoms with van der Waals surface area (Å²) in [7, 11) is 0. The number of hydrogen-bond acceptors (Lipinski definition) is 5. The maximum atomic E-state index is 12.6. The highest BCUT2D eigenvalue weighted by molar-refractivity contribution is 8.14. The summed E-state index contributed by atoms with van der Waals surface area (Å²) < 4.78 is 5.24. The van der Waals surface area contributed by atoms with Crippen LogP contribution in [-0.2, 0) is 9.53 Å². The molecule has 6 heteroatoms. The van der Waals surface area contributed by atoms with E-state index >= 15 is 0 Å². The van der Waals surface area contributed by atoms with Crippen LogP contribution in [0.1, 0.15) is 25.3 Å². The molecule has 0 bridgehead atoms. The monoisotopic (exact) mass is 374 g/mol. The average molecular weight is 375 g/mol. The first-order valence-electron chi connectivity index (χ1n) is 7.88. The zero-order chi connectivity index (χ0) is 18.4. The second kappa shape index (κ2) is 8.89. The molecule has 1 aromatic carbocycles. The Kier molecular flexibility index (Phi) is 6.86. The number of rotatable bonds is 5. The average Bonchev–Trinajstić information content (AvgIpc) is 2.60. The van der Waals surface area contributed by atoms with Crippen LogP contribution in [0, 0.1) is 17.2 Å². The first-order valence-corrected chi connectivity index (χ1v) is 9.25. The molecule has 1 aromatic rings. The van der Waals surface area contributed by atoms with E-state index in [1.54, 1.807) is 19.1 Å². The first-order chi connectivity index (χ1) is 12.0. The molecule has 130 valence electrons. The highest BCUT2D eigenvalue weighted by Gasteiger charge is 2.39. The molecule has 0 radical (unpaired) electrons. The van der Waals surface area contributed by atoms with Crippen molar-refractivity contribution in [2.24, 2.45) is 10.9 Å². The number of nitrogens with zero attached hydrogens (tertiary/aromatic N) is 2. The van der Waals surface area contributed by atoms with Crippen molar-refractivity contribution in [3.8, 4) is 6.07 Å². The van der Waals surface area contributed by atoms with E-state index in [0.717, 1.165) is 16.4 Å². The summed E-state index contributed by atoms with van der Waals surface area (Å²) in [5, 5.41) is 11.1. The maximum Gasteiger partial charge on any atom is 0.336 e. The molecule has 1 aliphatic rings. The standard InChI is InChI=1S/C19H19ClN2O2S/c1-4-10-24-19(23)16-12(3)22-18(25-5-2)15(11-21)17(16)13-6-8-14(20)9-7-13/h4,6-9,15,17H,1,5,10H2,2-3H3/t15?,17-/m1/s1. The molecular formula is C19H19ClN2O2S. The zero-order valence-electron chi connectivity index (χ0n) is 14.2. The third-order valence-corrected chi connectivity index (χ3v) is 4.97. The summed E-state index contributed by atoms with van der Waals surface area (Å²) in [4.78, 5) is 17.1. The van der Waals surface area contributed by atoms with Crippen LogP contribution >= 0.6 is 23.4 Å². The Hall–Kier alpha value is -2.03. The van der Waals surface area contributed by atoms with Crippen molar-refractivity contribution in [2.75, 3.05) is 12.4 Å². The molecule has 0 spiro atoms. The second-order valence-electron chi connectivity index (χ2n) is 5.41.